The molecular formula is C38H35NOP2. The Kier molecular flexibility index (Phi) is 9.19. The fourth-order valence-corrected chi connectivity index (χ4v) is 9.75. The minimum Gasteiger partial charge on any atom is -0.340 e. The molecule has 0 saturated carbocycles. The predicted molar refractivity (Wildman–Crippen MR) is 183 cm³/mol. The van der Waals surface area contributed by atoms with Crippen molar-refractivity contribution in [3.63, 3.8) is 0 Å². The number of benzene rings is 6. The third-order valence-electron chi connectivity index (χ3n) is 7.65. The average molecular weight is 584 g/mol. The van der Waals surface area contributed by atoms with Crippen molar-refractivity contribution in [1.29, 1.82) is 0 Å². The van der Waals surface area contributed by atoms with Gasteiger partial charge in [0, 0.05) is 24.7 Å². The van der Waals surface area contributed by atoms with Crippen molar-refractivity contribution < 1.29 is 4.52 Å². The lowest BCUT2D eigenvalue weighted by atomic mass is 10.0. The maximum atomic E-state index is 7.32. The molecule has 3 atom stereocenters. The molecule has 1 unspecified atom stereocenters. The van der Waals surface area contributed by atoms with Gasteiger partial charge in [-0.1, -0.05) is 158 Å². The van der Waals surface area contributed by atoms with Crippen LogP contribution in [0.2, 0.25) is 0 Å². The fraction of sp³-hybridized carbons (Fsp3) is 0.105. The van der Waals surface area contributed by atoms with Crippen LogP contribution in [0.25, 0.3) is 10.8 Å². The van der Waals surface area contributed by atoms with Crippen LogP contribution in [0.4, 0.5) is 0 Å². The third-order valence-corrected chi connectivity index (χ3v) is 12.2. The van der Waals surface area contributed by atoms with Crippen LogP contribution in [0.1, 0.15) is 18.6 Å². The van der Waals surface area contributed by atoms with E-state index < -0.39 is 16.2 Å². The van der Waals surface area contributed by atoms with E-state index in [1.807, 2.05) is 0 Å². The summed E-state index contributed by atoms with van der Waals surface area (Å²) in [5, 5.41) is 7.64. The second-order valence-corrected chi connectivity index (χ2v) is 14.5. The van der Waals surface area contributed by atoms with Gasteiger partial charge in [0.1, 0.15) is 6.10 Å². The van der Waals surface area contributed by atoms with E-state index in [0.29, 0.717) is 0 Å². The molecule has 6 aromatic rings. The molecule has 0 aliphatic carbocycles. The molecule has 6 rings (SSSR count). The second kappa shape index (κ2) is 13.6. The number of hydrogen-bond acceptors (Lipinski definition) is 2. The van der Waals surface area contributed by atoms with E-state index in [0.717, 1.165) is 0 Å². The quantitative estimate of drug-likeness (QED) is 0.150. The first-order chi connectivity index (χ1) is 20.7. The van der Waals surface area contributed by atoms with Gasteiger partial charge in [0.25, 0.3) is 0 Å². The first-order valence-electron chi connectivity index (χ1n) is 14.4. The Morgan fingerprint density at radius 1 is 0.500 bits per heavy atom. The molecule has 42 heavy (non-hydrogen) atoms. The minimum absolute atomic E-state index is 0.0858. The summed E-state index contributed by atoms with van der Waals surface area (Å²) in [6.45, 7) is 2.32. The van der Waals surface area contributed by atoms with Crippen LogP contribution in [-0.2, 0) is 4.52 Å². The molecule has 208 valence electrons. The van der Waals surface area contributed by atoms with Crippen molar-refractivity contribution in [2.75, 3.05) is 7.05 Å². The maximum absolute atomic E-state index is 7.32. The first-order valence-corrected chi connectivity index (χ1v) is 16.9. The Morgan fingerprint density at radius 2 is 0.976 bits per heavy atom. The maximum Gasteiger partial charge on any atom is 0.103 e. The average Bonchev–Trinajstić information content (AvgIpc) is 3.07. The molecule has 0 spiro atoms. The molecule has 0 aromatic heterocycles. The molecule has 0 aliphatic heterocycles. The number of likely N-dealkylation sites (N-methyl/N-ethyl adjacent to an activating group) is 1. The Labute approximate surface area is 252 Å². The predicted octanol–water partition coefficient (Wildman–Crippen LogP) is 8.31. The van der Waals surface area contributed by atoms with E-state index in [1.165, 1.54) is 37.6 Å². The van der Waals surface area contributed by atoms with Gasteiger partial charge < -0.3 is 4.52 Å². The number of rotatable bonds is 10. The highest BCUT2D eigenvalue weighted by atomic mass is 31.1. The lowest BCUT2D eigenvalue weighted by molar-refractivity contribution is 0.154. The SMILES string of the molecule is C[C@H]([C@@H](OP(c1ccccc1)c1ccccc1)c1ccccc1)N(C)P(c1ccccc1)c1ccc2ccccc2c1. The van der Waals surface area contributed by atoms with Gasteiger partial charge in [-0.05, 0) is 47.0 Å². The van der Waals surface area contributed by atoms with Crippen molar-refractivity contribution in [2.24, 2.45) is 0 Å². The molecule has 0 bridgehead atoms. The van der Waals surface area contributed by atoms with E-state index >= 15 is 0 Å². The van der Waals surface area contributed by atoms with Crippen molar-refractivity contribution >= 4 is 48.2 Å². The van der Waals surface area contributed by atoms with Crippen LogP contribution < -0.4 is 21.2 Å². The van der Waals surface area contributed by atoms with E-state index in [4.69, 9.17) is 4.52 Å². The summed E-state index contributed by atoms with van der Waals surface area (Å²) < 4.78 is 9.87. The zero-order chi connectivity index (χ0) is 28.7. The van der Waals surface area contributed by atoms with E-state index in [-0.39, 0.29) is 12.1 Å². The molecule has 0 aliphatic rings. The highest BCUT2D eigenvalue weighted by Crippen LogP contribution is 2.47. The Balaban J connectivity index is 1.42. The fourth-order valence-electron chi connectivity index (χ4n) is 5.35. The highest BCUT2D eigenvalue weighted by Gasteiger charge is 2.33. The van der Waals surface area contributed by atoms with Gasteiger partial charge in [0.15, 0.2) is 0 Å². The van der Waals surface area contributed by atoms with Crippen molar-refractivity contribution in [2.45, 2.75) is 19.1 Å². The molecular weight excluding hydrogens is 548 g/mol. The summed E-state index contributed by atoms with van der Waals surface area (Å²) in [6.07, 6.45) is -0.142. The summed E-state index contributed by atoms with van der Waals surface area (Å²) in [6, 6.07) is 58.7. The monoisotopic (exact) mass is 583 g/mol. The number of nitrogens with zero attached hydrogens (tertiary/aromatic N) is 1. The molecule has 6 aromatic carbocycles. The van der Waals surface area contributed by atoms with Crippen molar-refractivity contribution in [3.8, 4) is 0 Å². The van der Waals surface area contributed by atoms with E-state index in [9.17, 15) is 0 Å². The Bertz CT molecular complexity index is 1660. The van der Waals surface area contributed by atoms with Crippen LogP contribution in [-0.4, -0.2) is 17.8 Å². The van der Waals surface area contributed by atoms with Crippen LogP contribution in [0, 0.1) is 0 Å². The normalized spacial score (nSPS) is 13.7. The van der Waals surface area contributed by atoms with Gasteiger partial charge >= 0.3 is 0 Å². The molecule has 2 nitrogen and oxygen atoms in total. The molecule has 0 radical (unpaired) electrons. The standard InChI is InChI=1S/C38H35NOP2/c1-30(39(2)41(34-21-9-4-10-22-34)37-28-27-31-17-15-16-20-33(31)29-37)38(32-18-7-3-8-19-32)40-42(35-23-11-5-12-24-35)36-25-13-6-14-26-36/h3-30,38H,1-2H3/t30-,38-,41?/m1/s1. The topological polar surface area (TPSA) is 12.5 Å². The van der Waals surface area contributed by atoms with Gasteiger partial charge in [-0.3, -0.25) is 4.67 Å². The van der Waals surface area contributed by atoms with Gasteiger partial charge in [-0.15, -0.1) is 0 Å². The van der Waals surface area contributed by atoms with Gasteiger partial charge in [-0.2, -0.15) is 0 Å². The van der Waals surface area contributed by atoms with Gasteiger partial charge in [-0.25, -0.2) is 0 Å². The van der Waals surface area contributed by atoms with Crippen LogP contribution >= 0.6 is 16.2 Å². The van der Waals surface area contributed by atoms with Crippen LogP contribution in [0.15, 0.2) is 164 Å². The molecule has 0 fully saturated rings. The van der Waals surface area contributed by atoms with E-state index in [2.05, 4.69) is 182 Å². The minimum atomic E-state index is -1.04. The molecule has 0 N–H and O–H groups in total. The summed E-state index contributed by atoms with van der Waals surface area (Å²) in [5.74, 6) is 0. The molecule has 0 heterocycles. The lowest BCUT2D eigenvalue weighted by Gasteiger charge is -2.39. The number of fused-ring (bicyclic) bond motifs is 1. The van der Waals surface area contributed by atoms with Crippen LogP contribution in [0.5, 0.6) is 0 Å². The van der Waals surface area contributed by atoms with Crippen molar-refractivity contribution in [1.82, 2.24) is 4.67 Å². The lowest BCUT2D eigenvalue weighted by Crippen LogP contribution is -2.37. The zero-order valence-electron chi connectivity index (χ0n) is 24.0. The second-order valence-electron chi connectivity index (χ2n) is 10.4. The molecule has 4 heteroatoms. The smallest absolute Gasteiger partial charge is 0.103 e. The largest absolute Gasteiger partial charge is 0.340 e. The number of hydrogen-bond donors (Lipinski definition) is 0. The third kappa shape index (κ3) is 6.39. The van der Waals surface area contributed by atoms with Gasteiger partial charge in [0.05, 0.1) is 8.15 Å². The Morgan fingerprint density at radius 3 is 1.55 bits per heavy atom. The highest BCUT2D eigenvalue weighted by molar-refractivity contribution is 7.70. The van der Waals surface area contributed by atoms with E-state index in [1.54, 1.807) is 0 Å². The molecule has 0 amide bonds. The Hall–Kier alpha value is -3.64. The summed E-state index contributed by atoms with van der Waals surface area (Å²) in [7, 11) is 0.407. The first kappa shape index (κ1) is 28.5. The summed E-state index contributed by atoms with van der Waals surface area (Å²) >= 11 is 0. The van der Waals surface area contributed by atoms with Crippen LogP contribution in [0.3, 0.4) is 0 Å². The van der Waals surface area contributed by atoms with Gasteiger partial charge in [0.2, 0.25) is 0 Å². The summed E-state index contributed by atoms with van der Waals surface area (Å²) in [5.41, 5.74) is 1.19. The summed E-state index contributed by atoms with van der Waals surface area (Å²) in [4.78, 5) is 0. The zero-order valence-corrected chi connectivity index (χ0v) is 25.8. The molecule has 0 saturated heterocycles. The van der Waals surface area contributed by atoms with Crippen molar-refractivity contribution in [3.05, 3.63) is 169 Å².